The van der Waals surface area contributed by atoms with E-state index in [1.54, 1.807) is 6.07 Å². The molecule has 1 spiro atoms. The summed E-state index contributed by atoms with van der Waals surface area (Å²) in [5, 5.41) is 10.5. The van der Waals surface area contributed by atoms with Gasteiger partial charge in [-0.05, 0) is 44.5 Å². The van der Waals surface area contributed by atoms with Gasteiger partial charge in [-0.3, -0.25) is 4.90 Å². The molecule has 0 radical (unpaired) electrons. The first kappa shape index (κ1) is 17.7. The summed E-state index contributed by atoms with van der Waals surface area (Å²) in [6, 6.07) is 5.58. The number of hydrogen-bond donors (Lipinski definition) is 1. The molecule has 2 aliphatic heterocycles. The molecule has 1 aromatic carbocycles. The van der Waals surface area contributed by atoms with Crippen molar-refractivity contribution in [1.82, 2.24) is 9.80 Å². The van der Waals surface area contributed by atoms with E-state index in [-0.39, 0.29) is 11.5 Å². The first-order valence-corrected chi connectivity index (χ1v) is 8.54. The average molecular weight is 342 g/mol. The molecule has 0 saturated carbocycles. The number of aliphatic hydroxyl groups is 1. The molecule has 0 aromatic heterocycles. The maximum absolute atomic E-state index is 12.9. The number of aliphatic hydroxyl groups excluding tert-OH is 1. The molecule has 2 aliphatic rings. The van der Waals surface area contributed by atoms with Crippen LogP contribution >= 0.6 is 0 Å². The number of hydrogen-bond acceptors (Lipinski definition) is 3. The fourth-order valence-corrected chi connectivity index (χ4v) is 4.27. The van der Waals surface area contributed by atoms with E-state index < -0.39 is 11.7 Å². The molecule has 6 heteroatoms. The van der Waals surface area contributed by atoms with Crippen LogP contribution in [0.5, 0.6) is 0 Å². The second kappa shape index (κ2) is 6.65. The fraction of sp³-hybridized carbons (Fsp3) is 0.667. The number of piperidine rings is 2. The van der Waals surface area contributed by atoms with Crippen molar-refractivity contribution in [2.24, 2.45) is 5.41 Å². The summed E-state index contributed by atoms with van der Waals surface area (Å²) in [4.78, 5) is 4.45. The quantitative estimate of drug-likeness (QED) is 0.895. The Morgan fingerprint density at radius 1 is 1.25 bits per heavy atom. The maximum atomic E-state index is 12.9. The fourth-order valence-electron chi connectivity index (χ4n) is 4.27. The monoisotopic (exact) mass is 342 g/mol. The van der Waals surface area contributed by atoms with Crippen LogP contribution in [0.15, 0.2) is 24.3 Å². The minimum atomic E-state index is -4.30. The molecule has 0 amide bonds. The van der Waals surface area contributed by atoms with Crippen LogP contribution in [0.4, 0.5) is 13.2 Å². The summed E-state index contributed by atoms with van der Waals surface area (Å²) in [6.07, 6.45) is -1.89. The number of rotatable bonds is 2. The normalized spacial score (nSPS) is 30.0. The van der Waals surface area contributed by atoms with Gasteiger partial charge in [0.05, 0.1) is 11.7 Å². The lowest BCUT2D eigenvalue weighted by Gasteiger charge is -2.50. The van der Waals surface area contributed by atoms with Gasteiger partial charge in [-0.1, -0.05) is 18.2 Å². The highest BCUT2D eigenvalue weighted by Crippen LogP contribution is 2.39. The molecular formula is C18H25F3N2O. The highest BCUT2D eigenvalue weighted by molar-refractivity contribution is 5.25. The smallest absolute Gasteiger partial charge is 0.392 e. The van der Waals surface area contributed by atoms with Crippen LogP contribution in [-0.4, -0.2) is 54.2 Å². The van der Waals surface area contributed by atoms with Gasteiger partial charge in [0, 0.05) is 31.6 Å². The zero-order valence-corrected chi connectivity index (χ0v) is 14.0. The van der Waals surface area contributed by atoms with Crippen molar-refractivity contribution in [2.75, 3.05) is 33.2 Å². The van der Waals surface area contributed by atoms with E-state index >= 15 is 0 Å². The Kier molecular flexibility index (Phi) is 4.91. The van der Waals surface area contributed by atoms with Gasteiger partial charge in [0.15, 0.2) is 0 Å². The van der Waals surface area contributed by atoms with E-state index in [0.29, 0.717) is 12.1 Å². The van der Waals surface area contributed by atoms with E-state index in [2.05, 4.69) is 16.8 Å². The van der Waals surface area contributed by atoms with Gasteiger partial charge in [0.25, 0.3) is 0 Å². The molecule has 1 N–H and O–H groups in total. The zero-order valence-electron chi connectivity index (χ0n) is 14.0. The minimum absolute atomic E-state index is 0.146. The Morgan fingerprint density at radius 2 is 2.04 bits per heavy atom. The van der Waals surface area contributed by atoms with Gasteiger partial charge >= 0.3 is 6.18 Å². The zero-order chi connectivity index (χ0) is 17.4. The Bertz CT molecular complexity index is 578. The van der Waals surface area contributed by atoms with Gasteiger partial charge in [-0.25, -0.2) is 0 Å². The molecule has 3 rings (SSSR count). The summed E-state index contributed by atoms with van der Waals surface area (Å²) in [5.74, 6) is 0. The number of halogens is 3. The lowest BCUT2D eigenvalue weighted by atomic mass is 9.71. The second-order valence-corrected chi connectivity index (χ2v) is 7.42. The van der Waals surface area contributed by atoms with Crippen molar-refractivity contribution in [3.63, 3.8) is 0 Å². The Labute approximate surface area is 141 Å². The highest BCUT2D eigenvalue weighted by Gasteiger charge is 2.44. The molecular weight excluding hydrogens is 317 g/mol. The number of nitrogens with zero attached hydrogens (tertiary/aromatic N) is 2. The molecule has 0 unspecified atom stereocenters. The Morgan fingerprint density at radius 3 is 2.79 bits per heavy atom. The number of alkyl halides is 3. The van der Waals surface area contributed by atoms with Gasteiger partial charge in [0.2, 0.25) is 0 Å². The predicted molar refractivity (Wildman–Crippen MR) is 86.5 cm³/mol. The van der Waals surface area contributed by atoms with Crippen LogP contribution in [0.2, 0.25) is 0 Å². The standard InChI is InChI=1S/C18H25F3N2O/c1-22-9-6-16(24)17(12-22)7-3-8-23(13-17)11-14-4-2-5-15(10-14)18(19,20)21/h2,4-5,10,16,24H,3,6-9,11-13H2,1H3/t16-,17-/m0/s1. The first-order chi connectivity index (χ1) is 11.3. The number of benzene rings is 1. The van der Waals surface area contributed by atoms with Crippen molar-refractivity contribution in [2.45, 2.75) is 38.1 Å². The number of likely N-dealkylation sites (tertiary alicyclic amines) is 2. The molecule has 2 fully saturated rings. The van der Waals surface area contributed by atoms with Crippen molar-refractivity contribution in [3.05, 3.63) is 35.4 Å². The third-order valence-electron chi connectivity index (χ3n) is 5.42. The van der Waals surface area contributed by atoms with E-state index in [1.807, 2.05) is 0 Å². The van der Waals surface area contributed by atoms with E-state index in [1.165, 1.54) is 12.1 Å². The highest BCUT2D eigenvalue weighted by atomic mass is 19.4. The summed E-state index contributed by atoms with van der Waals surface area (Å²) < 4.78 is 38.6. The van der Waals surface area contributed by atoms with Gasteiger partial charge in [0.1, 0.15) is 0 Å². The van der Waals surface area contributed by atoms with Crippen LogP contribution in [0.25, 0.3) is 0 Å². The predicted octanol–water partition coefficient (Wildman–Crippen LogP) is 2.98. The lowest BCUT2D eigenvalue weighted by Crippen LogP contribution is -2.58. The minimum Gasteiger partial charge on any atom is -0.392 e. The molecule has 2 heterocycles. The molecule has 2 saturated heterocycles. The third kappa shape index (κ3) is 3.76. The largest absolute Gasteiger partial charge is 0.416 e. The SMILES string of the molecule is CN1CC[C@H](O)[C@@]2(CCCN(Cc3cccc(C(F)(F)F)c3)C2)C1. The topological polar surface area (TPSA) is 26.7 Å². The maximum Gasteiger partial charge on any atom is 0.416 e. The van der Waals surface area contributed by atoms with Crippen LogP contribution in [0.1, 0.15) is 30.4 Å². The Hall–Kier alpha value is -1.11. The summed E-state index contributed by atoms with van der Waals surface area (Å²) in [5.41, 5.74) is -0.0583. The van der Waals surface area contributed by atoms with Crippen molar-refractivity contribution in [1.29, 1.82) is 0 Å². The van der Waals surface area contributed by atoms with Crippen LogP contribution < -0.4 is 0 Å². The molecule has 0 bridgehead atoms. The van der Waals surface area contributed by atoms with Crippen LogP contribution in [0.3, 0.4) is 0 Å². The summed E-state index contributed by atoms with van der Waals surface area (Å²) in [6.45, 7) is 3.87. The van der Waals surface area contributed by atoms with Crippen molar-refractivity contribution < 1.29 is 18.3 Å². The molecule has 3 nitrogen and oxygen atoms in total. The molecule has 0 aliphatic carbocycles. The summed E-state index contributed by atoms with van der Waals surface area (Å²) in [7, 11) is 2.07. The van der Waals surface area contributed by atoms with E-state index in [0.717, 1.165) is 51.5 Å². The van der Waals surface area contributed by atoms with Gasteiger partial charge < -0.3 is 10.0 Å². The average Bonchev–Trinajstić information content (AvgIpc) is 2.51. The van der Waals surface area contributed by atoms with Crippen molar-refractivity contribution >= 4 is 0 Å². The van der Waals surface area contributed by atoms with E-state index in [9.17, 15) is 18.3 Å². The van der Waals surface area contributed by atoms with Gasteiger partial charge in [-0.15, -0.1) is 0 Å². The molecule has 24 heavy (non-hydrogen) atoms. The molecule has 134 valence electrons. The molecule has 2 atom stereocenters. The van der Waals surface area contributed by atoms with Crippen LogP contribution in [-0.2, 0) is 12.7 Å². The third-order valence-corrected chi connectivity index (χ3v) is 5.42. The van der Waals surface area contributed by atoms with E-state index in [4.69, 9.17) is 0 Å². The molecule has 1 aromatic rings. The summed E-state index contributed by atoms with van der Waals surface area (Å²) >= 11 is 0. The lowest BCUT2D eigenvalue weighted by molar-refractivity contribution is -0.137. The van der Waals surface area contributed by atoms with Crippen LogP contribution in [0, 0.1) is 5.41 Å². The first-order valence-electron chi connectivity index (χ1n) is 8.54. The Balaban J connectivity index is 1.72. The van der Waals surface area contributed by atoms with Gasteiger partial charge in [-0.2, -0.15) is 13.2 Å². The van der Waals surface area contributed by atoms with Crippen molar-refractivity contribution in [3.8, 4) is 0 Å². The second-order valence-electron chi connectivity index (χ2n) is 7.42.